The highest BCUT2D eigenvalue weighted by Crippen LogP contribution is 2.24. The molecule has 0 saturated heterocycles. The maximum absolute atomic E-state index is 12.0. The Kier molecular flexibility index (Phi) is 5.25. The Morgan fingerprint density at radius 2 is 2.11 bits per heavy atom. The monoisotopic (exact) mass is 262 g/mol. The lowest BCUT2D eigenvalue weighted by Gasteiger charge is -2.14. The zero-order valence-electron chi connectivity index (χ0n) is 10.4. The van der Waals surface area contributed by atoms with Crippen molar-refractivity contribution < 1.29 is 17.9 Å². The molecule has 0 aliphatic rings. The van der Waals surface area contributed by atoms with Crippen LogP contribution >= 0.6 is 0 Å². The van der Waals surface area contributed by atoms with Gasteiger partial charge in [0.25, 0.3) is 0 Å². The van der Waals surface area contributed by atoms with Gasteiger partial charge in [-0.3, -0.25) is 0 Å². The maximum atomic E-state index is 12.0. The Labute approximate surface area is 104 Å². The number of hydrogen-bond acceptors (Lipinski definition) is 3. The van der Waals surface area contributed by atoms with Crippen molar-refractivity contribution in [2.75, 3.05) is 11.9 Å². The van der Waals surface area contributed by atoms with E-state index in [1.165, 1.54) is 0 Å². The van der Waals surface area contributed by atoms with E-state index < -0.39 is 12.6 Å². The van der Waals surface area contributed by atoms with Crippen LogP contribution in [0.5, 0.6) is 5.75 Å². The number of aromatic nitrogens is 1. The number of halogens is 3. The molecule has 1 aromatic heterocycles. The first-order valence-corrected chi connectivity index (χ1v) is 5.81. The SMILES string of the molecule is CC(C)Oc1cccnc1NCCCC(F)(F)F. The first-order chi connectivity index (χ1) is 8.38. The molecule has 0 atom stereocenters. The van der Waals surface area contributed by atoms with Gasteiger partial charge < -0.3 is 10.1 Å². The van der Waals surface area contributed by atoms with Gasteiger partial charge in [-0.25, -0.2) is 4.98 Å². The predicted molar refractivity (Wildman–Crippen MR) is 63.8 cm³/mol. The number of nitrogens with one attached hydrogen (secondary N) is 1. The second-order valence-electron chi connectivity index (χ2n) is 4.16. The van der Waals surface area contributed by atoms with Gasteiger partial charge in [-0.15, -0.1) is 0 Å². The summed E-state index contributed by atoms with van der Waals surface area (Å²) in [6.45, 7) is 3.96. The number of ether oxygens (including phenoxy) is 1. The summed E-state index contributed by atoms with van der Waals surface area (Å²) in [7, 11) is 0. The molecule has 1 aromatic rings. The van der Waals surface area contributed by atoms with Gasteiger partial charge in [0, 0.05) is 19.2 Å². The Morgan fingerprint density at radius 3 is 2.72 bits per heavy atom. The number of anilines is 1. The molecule has 1 rings (SSSR count). The van der Waals surface area contributed by atoms with E-state index in [1.54, 1.807) is 18.3 Å². The van der Waals surface area contributed by atoms with Crippen LogP contribution in [-0.2, 0) is 0 Å². The van der Waals surface area contributed by atoms with Gasteiger partial charge >= 0.3 is 6.18 Å². The zero-order valence-corrected chi connectivity index (χ0v) is 10.4. The molecule has 0 saturated carbocycles. The molecule has 0 amide bonds. The predicted octanol–water partition coefficient (Wildman–Crippen LogP) is 3.62. The van der Waals surface area contributed by atoms with Gasteiger partial charge in [0.15, 0.2) is 11.6 Å². The average molecular weight is 262 g/mol. The van der Waals surface area contributed by atoms with Gasteiger partial charge in [0.1, 0.15) is 0 Å². The van der Waals surface area contributed by atoms with Crippen molar-refractivity contribution in [1.82, 2.24) is 4.98 Å². The van der Waals surface area contributed by atoms with Crippen LogP contribution in [0.15, 0.2) is 18.3 Å². The van der Waals surface area contributed by atoms with E-state index in [2.05, 4.69) is 10.3 Å². The summed E-state index contributed by atoms with van der Waals surface area (Å²) in [5.74, 6) is 1.04. The molecule has 3 nitrogen and oxygen atoms in total. The van der Waals surface area contributed by atoms with Gasteiger partial charge in [0.05, 0.1) is 6.10 Å². The second-order valence-corrected chi connectivity index (χ2v) is 4.16. The van der Waals surface area contributed by atoms with Crippen LogP contribution in [0.25, 0.3) is 0 Å². The fourth-order valence-electron chi connectivity index (χ4n) is 1.37. The van der Waals surface area contributed by atoms with Crippen LogP contribution in [0.2, 0.25) is 0 Å². The third-order valence-corrected chi connectivity index (χ3v) is 2.06. The third-order valence-electron chi connectivity index (χ3n) is 2.06. The molecule has 6 heteroatoms. The number of pyridine rings is 1. The summed E-state index contributed by atoms with van der Waals surface area (Å²) in [5, 5.41) is 2.86. The van der Waals surface area contributed by atoms with Crippen molar-refractivity contribution in [2.45, 2.75) is 39.0 Å². The number of hydrogen-bond donors (Lipinski definition) is 1. The van der Waals surface area contributed by atoms with Crippen molar-refractivity contribution in [3.8, 4) is 5.75 Å². The number of nitrogens with zero attached hydrogens (tertiary/aromatic N) is 1. The minimum absolute atomic E-state index is 0.00933. The minimum Gasteiger partial charge on any atom is -0.487 e. The molecule has 102 valence electrons. The van der Waals surface area contributed by atoms with Crippen molar-refractivity contribution >= 4 is 5.82 Å². The van der Waals surface area contributed by atoms with Gasteiger partial charge in [-0.1, -0.05) is 0 Å². The fraction of sp³-hybridized carbons (Fsp3) is 0.583. The highest BCUT2D eigenvalue weighted by molar-refractivity contribution is 5.49. The normalized spacial score (nSPS) is 11.7. The van der Waals surface area contributed by atoms with E-state index in [1.807, 2.05) is 13.8 Å². The van der Waals surface area contributed by atoms with E-state index >= 15 is 0 Å². The van der Waals surface area contributed by atoms with Crippen LogP contribution in [0, 0.1) is 0 Å². The lowest BCUT2D eigenvalue weighted by Crippen LogP contribution is -2.13. The summed E-state index contributed by atoms with van der Waals surface area (Å²) < 4.78 is 41.4. The highest BCUT2D eigenvalue weighted by atomic mass is 19.4. The molecule has 0 bridgehead atoms. The van der Waals surface area contributed by atoms with E-state index in [-0.39, 0.29) is 19.1 Å². The molecule has 0 spiro atoms. The summed E-state index contributed by atoms with van der Waals surface area (Å²) in [6, 6.07) is 3.46. The van der Waals surface area contributed by atoms with Crippen LogP contribution in [0.4, 0.5) is 19.0 Å². The largest absolute Gasteiger partial charge is 0.487 e. The summed E-state index contributed by atoms with van der Waals surface area (Å²) >= 11 is 0. The first kappa shape index (κ1) is 14.6. The zero-order chi connectivity index (χ0) is 13.6. The average Bonchev–Trinajstić information content (AvgIpc) is 2.24. The van der Waals surface area contributed by atoms with Crippen LogP contribution in [0.3, 0.4) is 0 Å². The van der Waals surface area contributed by atoms with Crippen molar-refractivity contribution in [3.63, 3.8) is 0 Å². The van der Waals surface area contributed by atoms with Gasteiger partial charge in [-0.05, 0) is 32.4 Å². The Bertz CT molecular complexity index is 367. The smallest absolute Gasteiger partial charge is 0.389 e. The van der Waals surface area contributed by atoms with Crippen molar-refractivity contribution in [3.05, 3.63) is 18.3 Å². The molecule has 0 fully saturated rings. The standard InChI is InChI=1S/C12H17F3N2O/c1-9(2)18-10-5-3-7-16-11(10)17-8-4-6-12(13,14)15/h3,5,7,9H,4,6,8H2,1-2H3,(H,16,17). The Morgan fingerprint density at radius 1 is 1.39 bits per heavy atom. The van der Waals surface area contributed by atoms with E-state index in [9.17, 15) is 13.2 Å². The lowest BCUT2D eigenvalue weighted by molar-refractivity contribution is -0.134. The van der Waals surface area contributed by atoms with Crippen LogP contribution < -0.4 is 10.1 Å². The highest BCUT2D eigenvalue weighted by Gasteiger charge is 2.25. The van der Waals surface area contributed by atoms with Crippen LogP contribution in [0.1, 0.15) is 26.7 Å². The third kappa shape index (κ3) is 5.75. The summed E-state index contributed by atoms with van der Waals surface area (Å²) in [6.07, 6.45) is -3.33. The maximum Gasteiger partial charge on any atom is 0.389 e. The molecule has 1 N–H and O–H groups in total. The van der Waals surface area contributed by atoms with Crippen molar-refractivity contribution in [1.29, 1.82) is 0 Å². The molecular weight excluding hydrogens is 245 g/mol. The Balaban J connectivity index is 2.46. The summed E-state index contributed by atoms with van der Waals surface area (Å²) in [4.78, 5) is 4.05. The molecule has 1 heterocycles. The Hall–Kier alpha value is -1.46. The molecule has 0 aliphatic carbocycles. The fourth-order valence-corrected chi connectivity index (χ4v) is 1.37. The molecule has 0 radical (unpaired) electrons. The lowest BCUT2D eigenvalue weighted by atomic mass is 10.3. The molecule has 0 unspecified atom stereocenters. The minimum atomic E-state index is -4.11. The van der Waals surface area contributed by atoms with Gasteiger partial charge in [0.2, 0.25) is 0 Å². The van der Waals surface area contributed by atoms with Crippen LogP contribution in [-0.4, -0.2) is 23.8 Å². The molecule has 0 aliphatic heterocycles. The quantitative estimate of drug-likeness (QED) is 0.795. The van der Waals surface area contributed by atoms with Crippen molar-refractivity contribution in [2.24, 2.45) is 0 Å². The molecule has 0 aromatic carbocycles. The number of rotatable bonds is 6. The first-order valence-electron chi connectivity index (χ1n) is 5.81. The van der Waals surface area contributed by atoms with E-state index in [0.29, 0.717) is 11.6 Å². The van der Waals surface area contributed by atoms with E-state index in [0.717, 1.165) is 0 Å². The van der Waals surface area contributed by atoms with Gasteiger partial charge in [-0.2, -0.15) is 13.2 Å². The number of alkyl halides is 3. The molecular formula is C12H17F3N2O. The molecule has 18 heavy (non-hydrogen) atoms. The van der Waals surface area contributed by atoms with E-state index in [4.69, 9.17) is 4.74 Å². The topological polar surface area (TPSA) is 34.1 Å². The summed E-state index contributed by atoms with van der Waals surface area (Å²) in [5.41, 5.74) is 0. The second kappa shape index (κ2) is 6.47.